The van der Waals surface area contributed by atoms with Crippen molar-refractivity contribution in [2.24, 2.45) is 11.3 Å². The van der Waals surface area contributed by atoms with Gasteiger partial charge >= 0.3 is 0 Å². The van der Waals surface area contributed by atoms with E-state index in [9.17, 15) is 4.79 Å². The predicted octanol–water partition coefficient (Wildman–Crippen LogP) is 4.58. The number of piperidine rings is 1. The van der Waals surface area contributed by atoms with Crippen LogP contribution in [0.3, 0.4) is 0 Å². The summed E-state index contributed by atoms with van der Waals surface area (Å²) in [7, 11) is 1.73. The minimum absolute atomic E-state index is 0.00243. The van der Waals surface area contributed by atoms with Crippen LogP contribution < -0.4 is 10.1 Å². The number of nitrogens with zero attached hydrogens (tertiary/aromatic N) is 2. The first kappa shape index (κ1) is 21.8. The van der Waals surface area contributed by atoms with Crippen LogP contribution in [0.15, 0.2) is 29.8 Å². The molecule has 0 spiro atoms. The predicted molar refractivity (Wildman–Crippen MR) is 118 cm³/mol. The molecular formula is C23H33N3O2S. The number of carbonyl (C=O) groups is 1. The molecule has 1 aliphatic heterocycles. The monoisotopic (exact) mass is 415 g/mol. The minimum Gasteiger partial charge on any atom is -0.496 e. The Morgan fingerprint density at radius 1 is 1.34 bits per heavy atom. The molecule has 1 N–H and O–H groups in total. The van der Waals surface area contributed by atoms with Gasteiger partial charge in [-0.15, -0.1) is 11.3 Å². The van der Waals surface area contributed by atoms with Gasteiger partial charge in [-0.25, -0.2) is 4.98 Å². The molecule has 1 unspecified atom stereocenters. The lowest BCUT2D eigenvalue weighted by molar-refractivity contribution is -0.129. The molecule has 2 heterocycles. The van der Waals surface area contributed by atoms with Crippen LogP contribution in [0, 0.1) is 18.3 Å². The van der Waals surface area contributed by atoms with Crippen LogP contribution >= 0.6 is 11.3 Å². The second-order valence-electron chi connectivity index (χ2n) is 9.00. The Bertz CT molecular complexity index is 806. The number of likely N-dealkylation sites (tertiary alicyclic amines) is 1. The lowest BCUT2D eigenvalue weighted by atomic mass is 9.87. The minimum atomic E-state index is -0.405. The highest BCUT2D eigenvalue weighted by Gasteiger charge is 2.33. The maximum absolute atomic E-state index is 12.7. The average Bonchev–Trinajstić information content (AvgIpc) is 3.20. The quantitative estimate of drug-likeness (QED) is 0.751. The molecule has 1 atom stereocenters. The third-order valence-electron chi connectivity index (χ3n) is 5.62. The molecule has 0 bridgehead atoms. The molecule has 1 fully saturated rings. The molecular weight excluding hydrogens is 382 g/mol. The number of methoxy groups -OCH3 is 1. The fourth-order valence-corrected chi connectivity index (χ4v) is 4.62. The van der Waals surface area contributed by atoms with Gasteiger partial charge in [0.2, 0.25) is 5.91 Å². The van der Waals surface area contributed by atoms with Crippen molar-refractivity contribution >= 4 is 17.2 Å². The molecule has 0 saturated carbocycles. The molecule has 29 heavy (non-hydrogen) atoms. The van der Waals surface area contributed by atoms with E-state index in [2.05, 4.69) is 40.3 Å². The fourth-order valence-electron chi connectivity index (χ4n) is 3.84. The smallest absolute Gasteiger partial charge is 0.225 e. The summed E-state index contributed by atoms with van der Waals surface area (Å²) in [5, 5.41) is 6.30. The van der Waals surface area contributed by atoms with Crippen LogP contribution in [0.25, 0.3) is 0 Å². The van der Waals surface area contributed by atoms with Gasteiger partial charge in [0.15, 0.2) is 0 Å². The second kappa shape index (κ2) is 9.26. The zero-order chi connectivity index (χ0) is 21.0. The maximum atomic E-state index is 12.7. The lowest BCUT2D eigenvalue weighted by Crippen LogP contribution is -2.43. The topological polar surface area (TPSA) is 54.5 Å². The van der Waals surface area contributed by atoms with Crippen LogP contribution in [0.2, 0.25) is 0 Å². The highest BCUT2D eigenvalue weighted by Crippen LogP contribution is 2.34. The largest absolute Gasteiger partial charge is 0.496 e. The Hall–Kier alpha value is -1.92. The third-order valence-corrected chi connectivity index (χ3v) is 6.48. The maximum Gasteiger partial charge on any atom is 0.225 e. The molecule has 6 heteroatoms. The van der Waals surface area contributed by atoms with Crippen LogP contribution in [-0.2, 0) is 11.3 Å². The molecule has 1 aromatic carbocycles. The van der Waals surface area contributed by atoms with Gasteiger partial charge in [0, 0.05) is 29.1 Å². The molecule has 2 aromatic rings. The molecule has 1 aliphatic rings. The van der Waals surface area contributed by atoms with Crippen LogP contribution in [0.5, 0.6) is 5.75 Å². The average molecular weight is 416 g/mol. The Labute approximate surface area is 178 Å². The van der Waals surface area contributed by atoms with Gasteiger partial charge in [0.25, 0.3) is 0 Å². The summed E-state index contributed by atoms with van der Waals surface area (Å²) in [5.74, 6) is 1.45. The zero-order valence-corrected chi connectivity index (χ0v) is 19.0. The number of carbonyl (C=O) groups excluding carboxylic acids is 1. The van der Waals surface area contributed by atoms with Gasteiger partial charge in [-0.3, -0.25) is 9.69 Å². The number of aromatic nitrogens is 1. The summed E-state index contributed by atoms with van der Waals surface area (Å²) < 4.78 is 5.54. The number of aryl methyl sites for hydroxylation is 1. The van der Waals surface area contributed by atoms with Gasteiger partial charge in [0.05, 0.1) is 13.2 Å². The van der Waals surface area contributed by atoms with Crippen molar-refractivity contribution < 1.29 is 9.53 Å². The molecule has 158 valence electrons. The van der Waals surface area contributed by atoms with Crippen molar-refractivity contribution in [3.63, 3.8) is 0 Å². The highest BCUT2D eigenvalue weighted by atomic mass is 32.1. The van der Waals surface area contributed by atoms with Crippen molar-refractivity contribution in [1.82, 2.24) is 15.2 Å². The molecule has 1 saturated heterocycles. The van der Waals surface area contributed by atoms with Gasteiger partial charge in [0.1, 0.15) is 10.8 Å². The number of nitrogens with one attached hydrogen (secondary N) is 1. The normalized spacial score (nSPS) is 17.1. The van der Waals surface area contributed by atoms with E-state index in [0.717, 1.165) is 43.2 Å². The summed E-state index contributed by atoms with van der Waals surface area (Å²) in [5.41, 5.74) is 2.09. The number of hydrogen-bond acceptors (Lipinski definition) is 5. The number of ether oxygens (including phenoxy) is 1. The van der Waals surface area contributed by atoms with Crippen LogP contribution in [-0.4, -0.2) is 36.0 Å². The molecule has 0 aliphatic carbocycles. The molecule has 0 radical (unpaired) electrons. The second-order valence-corrected chi connectivity index (χ2v) is 9.93. The van der Waals surface area contributed by atoms with E-state index in [1.54, 1.807) is 18.4 Å². The molecule has 1 aromatic heterocycles. The van der Waals surface area contributed by atoms with Gasteiger partial charge in [-0.05, 0) is 44.8 Å². The van der Waals surface area contributed by atoms with Crippen molar-refractivity contribution in [2.75, 3.05) is 20.2 Å². The Kier molecular flexibility index (Phi) is 6.96. The molecule has 1 amide bonds. The first-order valence-corrected chi connectivity index (χ1v) is 11.2. The number of amides is 1. The Morgan fingerprint density at radius 2 is 2.07 bits per heavy atom. The van der Waals surface area contributed by atoms with E-state index in [0.29, 0.717) is 5.92 Å². The first-order chi connectivity index (χ1) is 13.8. The van der Waals surface area contributed by atoms with E-state index in [1.807, 2.05) is 32.3 Å². The van der Waals surface area contributed by atoms with Gasteiger partial charge in [-0.2, -0.15) is 0 Å². The standard InChI is InChI=1S/C23H33N3O2S/c1-16-6-7-19(28-5)18(14-16)15-26-11-8-17(9-12-26)20(21-24-10-13-29-21)25-22(27)23(2,3)4/h6-7,10,13-14,17,20H,8-9,11-12,15H2,1-5H3,(H,25,27). The van der Waals surface area contributed by atoms with Crippen molar-refractivity contribution in [3.05, 3.63) is 45.9 Å². The van der Waals surface area contributed by atoms with E-state index >= 15 is 0 Å². The lowest BCUT2D eigenvalue weighted by Gasteiger charge is -2.36. The van der Waals surface area contributed by atoms with E-state index < -0.39 is 5.41 Å². The summed E-state index contributed by atoms with van der Waals surface area (Å²) in [6.07, 6.45) is 3.92. The number of benzene rings is 1. The van der Waals surface area contributed by atoms with Gasteiger partial charge < -0.3 is 10.1 Å². The summed E-state index contributed by atoms with van der Waals surface area (Å²) >= 11 is 1.63. The fraction of sp³-hybridized carbons (Fsp3) is 0.565. The third kappa shape index (κ3) is 5.58. The van der Waals surface area contributed by atoms with Crippen molar-refractivity contribution in [2.45, 2.75) is 53.1 Å². The van der Waals surface area contributed by atoms with Crippen LogP contribution in [0.1, 0.15) is 55.8 Å². The van der Waals surface area contributed by atoms with Crippen LogP contribution in [0.4, 0.5) is 0 Å². The van der Waals surface area contributed by atoms with E-state index in [4.69, 9.17) is 4.74 Å². The van der Waals surface area contributed by atoms with E-state index in [-0.39, 0.29) is 11.9 Å². The summed E-state index contributed by atoms with van der Waals surface area (Å²) in [6.45, 7) is 10.9. The Balaban J connectivity index is 1.66. The molecule has 3 rings (SSSR count). The number of thiazole rings is 1. The molecule has 5 nitrogen and oxygen atoms in total. The zero-order valence-electron chi connectivity index (χ0n) is 18.2. The summed E-state index contributed by atoms with van der Waals surface area (Å²) in [6, 6.07) is 6.35. The summed E-state index contributed by atoms with van der Waals surface area (Å²) in [4.78, 5) is 19.7. The SMILES string of the molecule is COc1ccc(C)cc1CN1CCC(C(NC(=O)C(C)(C)C)c2nccs2)CC1. The van der Waals surface area contributed by atoms with Crippen molar-refractivity contribution in [3.8, 4) is 5.75 Å². The first-order valence-electron chi connectivity index (χ1n) is 10.3. The number of rotatable bonds is 6. The Morgan fingerprint density at radius 3 is 2.66 bits per heavy atom. The van der Waals surface area contributed by atoms with Gasteiger partial charge in [-0.1, -0.05) is 38.5 Å². The van der Waals surface area contributed by atoms with E-state index in [1.165, 1.54) is 11.1 Å². The number of hydrogen-bond donors (Lipinski definition) is 1. The van der Waals surface area contributed by atoms with Crippen molar-refractivity contribution in [1.29, 1.82) is 0 Å². The highest BCUT2D eigenvalue weighted by molar-refractivity contribution is 7.09.